The second-order valence-electron chi connectivity index (χ2n) is 6.51. The average molecular weight is 401 g/mol. The van der Waals surface area contributed by atoms with Crippen LogP contribution in [0.25, 0.3) is 27.8 Å². The molecule has 148 valence electrons. The SMILES string of the molecule is O=C(/C=C/c1ccccc1[N+](=O)[O-])OCc1cc(=O)oc2ccc3ccccc3c12. The van der Waals surface area contributed by atoms with Gasteiger partial charge in [0.2, 0.25) is 0 Å². The zero-order chi connectivity index (χ0) is 21.1. The fraction of sp³-hybridized carbons (Fsp3) is 0.0435. The summed E-state index contributed by atoms with van der Waals surface area (Å²) in [5.41, 5.74) is 0.559. The van der Waals surface area contributed by atoms with Gasteiger partial charge < -0.3 is 9.15 Å². The molecule has 30 heavy (non-hydrogen) atoms. The lowest BCUT2D eigenvalue weighted by molar-refractivity contribution is -0.385. The minimum Gasteiger partial charge on any atom is -0.458 e. The second-order valence-corrected chi connectivity index (χ2v) is 6.51. The smallest absolute Gasteiger partial charge is 0.336 e. The van der Waals surface area contributed by atoms with E-state index in [2.05, 4.69) is 0 Å². The van der Waals surface area contributed by atoms with Crippen LogP contribution in [0.3, 0.4) is 0 Å². The van der Waals surface area contributed by atoms with Crippen molar-refractivity contribution in [3.8, 4) is 0 Å². The predicted octanol–water partition coefficient (Wildman–Crippen LogP) is 4.61. The van der Waals surface area contributed by atoms with Crippen LogP contribution in [0.2, 0.25) is 0 Å². The molecule has 7 heteroatoms. The van der Waals surface area contributed by atoms with Crippen LogP contribution in [0.15, 0.2) is 82.0 Å². The summed E-state index contributed by atoms with van der Waals surface area (Å²) in [5, 5.41) is 13.6. The van der Waals surface area contributed by atoms with Gasteiger partial charge in [-0.25, -0.2) is 9.59 Å². The Morgan fingerprint density at radius 3 is 2.67 bits per heavy atom. The highest BCUT2D eigenvalue weighted by molar-refractivity contribution is 6.07. The Hall–Kier alpha value is -4.26. The number of carbonyl (C=O) groups excluding carboxylic acids is 1. The largest absolute Gasteiger partial charge is 0.458 e. The molecule has 1 heterocycles. The molecule has 0 aliphatic rings. The van der Waals surface area contributed by atoms with Gasteiger partial charge >= 0.3 is 11.6 Å². The predicted molar refractivity (Wildman–Crippen MR) is 112 cm³/mol. The highest BCUT2D eigenvalue weighted by Crippen LogP contribution is 2.27. The number of hydrogen-bond donors (Lipinski definition) is 0. The summed E-state index contributed by atoms with van der Waals surface area (Å²) in [6, 6.07) is 18.5. The number of fused-ring (bicyclic) bond motifs is 3. The number of benzene rings is 3. The fourth-order valence-electron chi connectivity index (χ4n) is 3.28. The van der Waals surface area contributed by atoms with Crippen LogP contribution in [0.4, 0.5) is 5.69 Å². The molecule has 0 unspecified atom stereocenters. The molecule has 4 aromatic rings. The van der Waals surface area contributed by atoms with Crippen molar-refractivity contribution < 1.29 is 18.9 Å². The van der Waals surface area contributed by atoms with Crippen molar-refractivity contribution in [1.82, 2.24) is 0 Å². The Morgan fingerprint density at radius 1 is 1.07 bits per heavy atom. The number of esters is 1. The number of nitrogens with zero attached hydrogens (tertiary/aromatic N) is 1. The fourth-order valence-corrected chi connectivity index (χ4v) is 3.28. The summed E-state index contributed by atoms with van der Waals surface area (Å²) in [4.78, 5) is 34.6. The molecule has 0 saturated carbocycles. The van der Waals surface area contributed by atoms with Crippen LogP contribution in [0.5, 0.6) is 0 Å². The van der Waals surface area contributed by atoms with E-state index >= 15 is 0 Å². The number of ether oxygens (including phenoxy) is 1. The number of nitro groups is 1. The lowest BCUT2D eigenvalue weighted by Gasteiger charge is -2.08. The zero-order valence-electron chi connectivity index (χ0n) is 15.6. The maximum Gasteiger partial charge on any atom is 0.336 e. The number of hydrogen-bond acceptors (Lipinski definition) is 6. The van der Waals surface area contributed by atoms with Gasteiger partial charge in [-0.3, -0.25) is 10.1 Å². The highest BCUT2D eigenvalue weighted by Gasteiger charge is 2.12. The first-order chi connectivity index (χ1) is 14.5. The van der Waals surface area contributed by atoms with Gasteiger partial charge in [0.05, 0.1) is 10.5 Å². The zero-order valence-corrected chi connectivity index (χ0v) is 15.6. The highest BCUT2D eigenvalue weighted by atomic mass is 16.6. The molecule has 0 radical (unpaired) electrons. The standard InChI is InChI=1S/C23H15NO6/c25-21(12-10-16-6-2-4-8-19(16)24(27)28)29-14-17-13-22(26)30-20-11-9-15-5-1-3-7-18(15)23(17)20/h1-13H,14H2/b12-10+. The van der Waals surface area contributed by atoms with Crippen LogP contribution in [0.1, 0.15) is 11.1 Å². The van der Waals surface area contributed by atoms with E-state index < -0.39 is 16.5 Å². The van der Waals surface area contributed by atoms with Gasteiger partial charge in [0.25, 0.3) is 5.69 Å². The Kier molecular flexibility index (Phi) is 5.09. The molecule has 0 spiro atoms. The number of carbonyl (C=O) groups is 1. The van der Waals surface area contributed by atoms with E-state index in [9.17, 15) is 19.7 Å². The molecule has 0 atom stereocenters. The van der Waals surface area contributed by atoms with Gasteiger partial charge in [-0.15, -0.1) is 0 Å². The third-order valence-corrected chi connectivity index (χ3v) is 4.62. The summed E-state index contributed by atoms with van der Waals surface area (Å²) in [5.74, 6) is -0.685. The quantitative estimate of drug-likeness (QED) is 0.121. The van der Waals surface area contributed by atoms with Crippen molar-refractivity contribution in [2.75, 3.05) is 0 Å². The molecule has 1 aromatic heterocycles. The Balaban J connectivity index is 1.61. The van der Waals surface area contributed by atoms with E-state index in [0.717, 1.165) is 16.8 Å². The molecular weight excluding hydrogens is 386 g/mol. The number of rotatable bonds is 5. The third-order valence-electron chi connectivity index (χ3n) is 4.62. The molecule has 0 fully saturated rings. The summed E-state index contributed by atoms with van der Waals surface area (Å²) >= 11 is 0. The Morgan fingerprint density at radius 2 is 1.83 bits per heavy atom. The molecule has 3 aromatic carbocycles. The van der Waals surface area contributed by atoms with Crippen molar-refractivity contribution in [3.63, 3.8) is 0 Å². The van der Waals surface area contributed by atoms with Crippen molar-refractivity contribution in [2.24, 2.45) is 0 Å². The van der Waals surface area contributed by atoms with E-state index in [1.54, 1.807) is 18.2 Å². The first-order valence-electron chi connectivity index (χ1n) is 9.06. The van der Waals surface area contributed by atoms with E-state index in [0.29, 0.717) is 16.5 Å². The van der Waals surface area contributed by atoms with Gasteiger partial charge in [0.15, 0.2) is 0 Å². The van der Waals surface area contributed by atoms with E-state index in [-0.39, 0.29) is 17.9 Å². The van der Waals surface area contributed by atoms with Crippen LogP contribution in [-0.4, -0.2) is 10.9 Å². The molecule has 0 aliphatic heterocycles. The summed E-state index contributed by atoms with van der Waals surface area (Å²) in [7, 11) is 0. The van der Waals surface area contributed by atoms with E-state index in [1.165, 1.54) is 24.3 Å². The lowest BCUT2D eigenvalue weighted by atomic mass is 10.0. The molecule has 4 rings (SSSR count). The van der Waals surface area contributed by atoms with Crippen LogP contribution in [0, 0.1) is 10.1 Å². The van der Waals surface area contributed by atoms with Gasteiger partial charge in [-0.1, -0.05) is 42.5 Å². The van der Waals surface area contributed by atoms with E-state index in [1.807, 2.05) is 30.3 Å². The first kappa shape index (κ1) is 19.1. The number of para-hydroxylation sites is 1. The molecule has 0 saturated heterocycles. The summed E-state index contributed by atoms with van der Waals surface area (Å²) < 4.78 is 10.6. The monoisotopic (exact) mass is 401 g/mol. The lowest BCUT2D eigenvalue weighted by Crippen LogP contribution is -2.06. The van der Waals surface area contributed by atoms with Crippen LogP contribution < -0.4 is 5.63 Å². The Labute approximate surface area is 170 Å². The van der Waals surface area contributed by atoms with Gasteiger partial charge in [-0.05, 0) is 29.0 Å². The topological polar surface area (TPSA) is 99.6 Å². The maximum absolute atomic E-state index is 12.2. The summed E-state index contributed by atoms with van der Waals surface area (Å²) in [6.07, 6.45) is 2.45. The van der Waals surface area contributed by atoms with Crippen molar-refractivity contribution >= 4 is 39.5 Å². The first-order valence-corrected chi connectivity index (χ1v) is 9.06. The molecule has 0 aliphatic carbocycles. The van der Waals surface area contributed by atoms with Gasteiger partial charge in [0, 0.05) is 29.2 Å². The number of nitro benzene ring substituents is 1. The van der Waals surface area contributed by atoms with Crippen molar-refractivity contribution in [2.45, 2.75) is 6.61 Å². The van der Waals surface area contributed by atoms with Crippen molar-refractivity contribution in [3.05, 3.63) is 104 Å². The molecule has 0 amide bonds. The van der Waals surface area contributed by atoms with Crippen LogP contribution >= 0.6 is 0 Å². The molecule has 0 bridgehead atoms. The van der Waals surface area contributed by atoms with Gasteiger partial charge in [0.1, 0.15) is 12.2 Å². The minimum atomic E-state index is -0.685. The minimum absolute atomic E-state index is 0.111. The average Bonchev–Trinajstić information content (AvgIpc) is 2.75. The molecule has 0 N–H and O–H groups in total. The Bertz CT molecular complexity index is 1370. The van der Waals surface area contributed by atoms with Crippen molar-refractivity contribution in [1.29, 1.82) is 0 Å². The summed E-state index contributed by atoms with van der Waals surface area (Å²) in [6.45, 7) is -0.143. The van der Waals surface area contributed by atoms with Crippen LogP contribution in [-0.2, 0) is 16.1 Å². The van der Waals surface area contributed by atoms with E-state index in [4.69, 9.17) is 9.15 Å². The van der Waals surface area contributed by atoms with Gasteiger partial charge in [-0.2, -0.15) is 0 Å². The normalized spacial score (nSPS) is 11.2. The molecule has 7 nitrogen and oxygen atoms in total. The maximum atomic E-state index is 12.2. The molecular formula is C23H15NO6. The third kappa shape index (κ3) is 3.81. The second kappa shape index (κ2) is 8.00.